The summed E-state index contributed by atoms with van der Waals surface area (Å²) in [7, 11) is 0. The van der Waals surface area contributed by atoms with Gasteiger partial charge < -0.3 is 9.32 Å². The maximum atomic E-state index is 7.30. The maximum Gasteiger partial charge on any atom is 0.160 e. The lowest BCUT2D eigenvalue weighted by atomic mass is 9.93. The first-order chi connectivity index (χ1) is 27.3. The topological polar surface area (TPSA) is 16.4 Å². The molecule has 0 saturated carbocycles. The van der Waals surface area contributed by atoms with Crippen molar-refractivity contribution in [1.29, 1.82) is 0 Å². The lowest BCUT2D eigenvalue weighted by Crippen LogP contribution is -2.10. The van der Waals surface area contributed by atoms with Crippen LogP contribution in [0.25, 0.3) is 86.3 Å². The van der Waals surface area contributed by atoms with Crippen LogP contribution in [0.15, 0.2) is 205 Å². The van der Waals surface area contributed by atoms with Gasteiger partial charge in [-0.05, 0) is 75.2 Å². The van der Waals surface area contributed by atoms with Gasteiger partial charge in [0.05, 0.1) is 16.1 Å². The predicted molar refractivity (Wildman–Crippen MR) is 235 cm³/mol. The second kappa shape index (κ2) is 12.9. The molecule has 0 unspecified atom stereocenters. The van der Waals surface area contributed by atoms with Gasteiger partial charge in [0.25, 0.3) is 0 Å². The predicted octanol–water partition coefficient (Wildman–Crippen LogP) is 15.6. The molecule has 2 nitrogen and oxygen atoms in total. The minimum absolute atomic E-state index is 0.858. The zero-order valence-corrected chi connectivity index (χ0v) is 30.6. The Bertz CT molecular complexity index is 3180. The van der Waals surface area contributed by atoms with Gasteiger partial charge in [-0.15, -0.1) is 11.3 Å². The van der Waals surface area contributed by atoms with Crippen molar-refractivity contribution < 1.29 is 4.42 Å². The Balaban J connectivity index is 1.25. The molecule has 0 spiro atoms. The molecule has 0 atom stereocenters. The number of thiophene rings is 1. The van der Waals surface area contributed by atoms with Gasteiger partial charge in [0, 0.05) is 37.3 Å². The van der Waals surface area contributed by atoms with Gasteiger partial charge in [0.1, 0.15) is 5.58 Å². The Morgan fingerprint density at radius 3 is 1.67 bits per heavy atom. The highest BCUT2D eigenvalue weighted by Crippen LogP contribution is 2.51. The Hall–Kier alpha value is -6.94. The SMILES string of the molecule is c1ccc(-c2ccc(N(c3ccc(-c4ccccc4)c4c3oc3c5ccccc5c(-c5ccccc5)cc34)c3cccc4c3sc3ccccc34)cc2)cc1. The third-order valence-electron chi connectivity index (χ3n) is 10.9. The number of furan rings is 1. The molecule has 0 amide bonds. The van der Waals surface area contributed by atoms with Gasteiger partial charge in [0.15, 0.2) is 5.58 Å². The van der Waals surface area contributed by atoms with E-state index >= 15 is 0 Å². The van der Waals surface area contributed by atoms with Crippen molar-refractivity contribution in [2.45, 2.75) is 0 Å². The molecular formula is C52H33NOS. The van der Waals surface area contributed by atoms with E-state index in [2.05, 4.69) is 205 Å². The summed E-state index contributed by atoms with van der Waals surface area (Å²) in [4.78, 5) is 2.41. The quantitative estimate of drug-likeness (QED) is 0.170. The summed E-state index contributed by atoms with van der Waals surface area (Å²) in [6, 6.07) is 71.9. The van der Waals surface area contributed by atoms with E-state index in [4.69, 9.17) is 4.42 Å². The normalized spacial score (nSPS) is 11.6. The van der Waals surface area contributed by atoms with Crippen LogP contribution in [0.2, 0.25) is 0 Å². The van der Waals surface area contributed by atoms with E-state index in [-0.39, 0.29) is 0 Å². The molecule has 11 aromatic rings. The van der Waals surface area contributed by atoms with Crippen LogP contribution in [-0.4, -0.2) is 0 Å². The largest absolute Gasteiger partial charge is 0.453 e. The fourth-order valence-electron chi connectivity index (χ4n) is 8.33. The van der Waals surface area contributed by atoms with Crippen LogP contribution in [0.1, 0.15) is 0 Å². The summed E-state index contributed by atoms with van der Waals surface area (Å²) >= 11 is 1.85. The minimum atomic E-state index is 0.858. The zero-order valence-electron chi connectivity index (χ0n) is 29.8. The van der Waals surface area contributed by atoms with E-state index in [0.29, 0.717) is 0 Å². The number of hydrogen-bond acceptors (Lipinski definition) is 3. The highest BCUT2D eigenvalue weighted by atomic mass is 32.1. The van der Waals surface area contributed by atoms with E-state index in [1.54, 1.807) is 0 Å². The first-order valence-electron chi connectivity index (χ1n) is 18.7. The average Bonchev–Trinajstić information content (AvgIpc) is 3.85. The van der Waals surface area contributed by atoms with E-state index in [1.807, 2.05) is 11.3 Å². The van der Waals surface area contributed by atoms with Gasteiger partial charge >= 0.3 is 0 Å². The summed E-state index contributed by atoms with van der Waals surface area (Å²) in [5.74, 6) is 0. The average molecular weight is 720 g/mol. The monoisotopic (exact) mass is 719 g/mol. The Morgan fingerprint density at radius 1 is 0.364 bits per heavy atom. The first-order valence-corrected chi connectivity index (χ1v) is 19.5. The van der Waals surface area contributed by atoms with Gasteiger partial charge in [-0.25, -0.2) is 0 Å². The summed E-state index contributed by atoms with van der Waals surface area (Å²) in [6.45, 7) is 0. The fourth-order valence-corrected chi connectivity index (χ4v) is 9.54. The number of benzene rings is 9. The Labute approximate surface area is 322 Å². The van der Waals surface area contributed by atoms with Crippen molar-refractivity contribution in [2.24, 2.45) is 0 Å². The van der Waals surface area contributed by atoms with Crippen LogP contribution in [0.4, 0.5) is 17.1 Å². The summed E-state index contributed by atoms with van der Waals surface area (Å²) in [5.41, 5.74) is 12.0. The van der Waals surface area contributed by atoms with E-state index in [0.717, 1.165) is 55.5 Å². The molecule has 0 N–H and O–H groups in total. The lowest BCUT2D eigenvalue weighted by molar-refractivity contribution is 0.673. The molecule has 0 aliphatic carbocycles. The molecule has 9 aromatic carbocycles. The van der Waals surface area contributed by atoms with Crippen molar-refractivity contribution in [3.05, 3.63) is 200 Å². The highest BCUT2D eigenvalue weighted by molar-refractivity contribution is 7.26. The molecule has 11 rings (SSSR count). The first kappa shape index (κ1) is 31.6. The summed E-state index contributed by atoms with van der Waals surface area (Å²) < 4.78 is 9.81. The third kappa shape index (κ3) is 5.16. The van der Waals surface area contributed by atoms with Crippen molar-refractivity contribution in [3.8, 4) is 33.4 Å². The van der Waals surface area contributed by atoms with Gasteiger partial charge in [-0.2, -0.15) is 0 Å². The molecule has 0 bridgehead atoms. The van der Waals surface area contributed by atoms with Gasteiger partial charge in [-0.3, -0.25) is 0 Å². The molecule has 2 heterocycles. The van der Waals surface area contributed by atoms with Crippen molar-refractivity contribution in [3.63, 3.8) is 0 Å². The minimum Gasteiger partial charge on any atom is -0.453 e. The number of hydrogen-bond donors (Lipinski definition) is 0. The molecule has 258 valence electrons. The molecular weight excluding hydrogens is 687 g/mol. The molecule has 0 aliphatic heterocycles. The number of rotatable bonds is 6. The molecule has 0 aliphatic rings. The number of nitrogens with zero attached hydrogens (tertiary/aromatic N) is 1. The van der Waals surface area contributed by atoms with Gasteiger partial charge in [0.2, 0.25) is 0 Å². The highest BCUT2D eigenvalue weighted by Gasteiger charge is 2.26. The van der Waals surface area contributed by atoms with Crippen LogP contribution < -0.4 is 4.90 Å². The van der Waals surface area contributed by atoms with Crippen LogP contribution >= 0.6 is 11.3 Å². The molecule has 0 saturated heterocycles. The summed E-state index contributed by atoms with van der Waals surface area (Å²) in [6.07, 6.45) is 0. The van der Waals surface area contributed by atoms with Crippen molar-refractivity contribution in [2.75, 3.05) is 4.90 Å². The Morgan fingerprint density at radius 2 is 0.945 bits per heavy atom. The number of anilines is 3. The van der Waals surface area contributed by atoms with E-state index in [9.17, 15) is 0 Å². The van der Waals surface area contributed by atoms with Crippen molar-refractivity contribution >= 4 is 81.3 Å². The molecule has 0 radical (unpaired) electrons. The van der Waals surface area contributed by atoms with Crippen LogP contribution in [-0.2, 0) is 0 Å². The molecule has 0 fully saturated rings. The Kier molecular flexibility index (Phi) is 7.39. The van der Waals surface area contributed by atoms with Crippen LogP contribution in [0.5, 0.6) is 0 Å². The molecule has 3 heteroatoms. The molecule has 2 aromatic heterocycles. The lowest BCUT2D eigenvalue weighted by Gasteiger charge is -2.27. The van der Waals surface area contributed by atoms with E-state index < -0.39 is 0 Å². The zero-order chi connectivity index (χ0) is 36.3. The van der Waals surface area contributed by atoms with Crippen LogP contribution in [0.3, 0.4) is 0 Å². The van der Waals surface area contributed by atoms with E-state index in [1.165, 1.54) is 47.8 Å². The summed E-state index contributed by atoms with van der Waals surface area (Å²) in [5, 5.41) is 7.02. The maximum absolute atomic E-state index is 7.30. The number of fused-ring (bicyclic) bond motifs is 8. The van der Waals surface area contributed by atoms with Crippen molar-refractivity contribution in [1.82, 2.24) is 0 Å². The van der Waals surface area contributed by atoms with Gasteiger partial charge in [-0.1, -0.05) is 164 Å². The standard InChI is InChI=1S/C52H33NOS/c1-4-15-34(16-5-1)35-27-29-38(30-28-35)53(47-25-14-24-43-41-22-12-13-26-48(41)55-52(43)47)46-32-31-39(36-17-6-2-7-18-36)49-45-33-44(37-19-8-3-9-20-37)40-21-10-11-23-42(40)50(45)54-51(46)49/h1-33H. The van der Waals surface area contributed by atoms with Crippen LogP contribution in [0, 0.1) is 0 Å². The smallest absolute Gasteiger partial charge is 0.160 e. The fraction of sp³-hybridized carbons (Fsp3) is 0. The molecule has 55 heavy (non-hydrogen) atoms. The third-order valence-corrected chi connectivity index (χ3v) is 12.1. The second-order valence-electron chi connectivity index (χ2n) is 14.0. The second-order valence-corrected chi connectivity index (χ2v) is 15.1.